The zero-order valence-electron chi connectivity index (χ0n) is 9.56. The lowest BCUT2D eigenvalue weighted by molar-refractivity contribution is 0.321. The first-order chi connectivity index (χ1) is 8.90. The van der Waals surface area contributed by atoms with Gasteiger partial charge in [0.25, 0.3) is 0 Å². The summed E-state index contributed by atoms with van der Waals surface area (Å²) in [6, 6.07) is 15.6. The summed E-state index contributed by atoms with van der Waals surface area (Å²) >= 11 is 0. The van der Waals surface area contributed by atoms with Crippen molar-refractivity contribution in [1.82, 2.24) is 9.38 Å². The van der Waals surface area contributed by atoms with Gasteiger partial charge in [0.15, 0.2) is 0 Å². The molecular weight excluding hydrogens is 226 g/mol. The van der Waals surface area contributed by atoms with Crippen LogP contribution in [0.3, 0.4) is 0 Å². The molecule has 4 nitrogen and oxygen atoms in total. The molecule has 0 aliphatic rings. The second-order valence-electron chi connectivity index (χ2n) is 3.89. The van der Waals surface area contributed by atoms with Crippen LogP contribution in [0, 0.1) is 0 Å². The normalized spacial score (nSPS) is 11.3. The summed E-state index contributed by atoms with van der Waals surface area (Å²) in [5, 5.41) is 11.9. The van der Waals surface area contributed by atoms with Crippen molar-refractivity contribution in [1.29, 1.82) is 0 Å². The molecule has 18 heavy (non-hydrogen) atoms. The van der Waals surface area contributed by atoms with E-state index in [4.69, 9.17) is 5.21 Å². The van der Waals surface area contributed by atoms with E-state index in [1.807, 2.05) is 59.1 Å². The van der Waals surface area contributed by atoms with E-state index in [1.54, 1.807) is 0 Å². The van der Waals surface area contributed by atoms with Crippen molar-refractivity contribution in [2.45, 2.75) is 0 Å². The van der Waals surface area contributed by atoms with Crippen molar-refractivity contribution in [3.63, 3.8) is 0 Å². The van der Waals surface area contributed by atoms with Gasteiger partial charge in [-0.05, 0) is 12.1 Å². The molecular formula is C14H11N3O. The third-order valence-corrected chi connectivity index (χ3v) is 2.79. The second-order valence-corrected chi connectivity index (χ2v) is 3.89. The van der Waals surface area contributed by atoms with Gasteiger partial charge in [0.2, 0.25) is 0 Å². The van der Waals surface area contributed by atoms with Crippen molar-refractivity contribution < 1.29 is 5.21 Å². The molecule has 4 heteroatoms. The predicted molar refractivity (Wildman–Crippen MR) is 70.0 cm³/mol. The third-order valence-electron chi connectivity index (χ3n) is 2.79. The van der Waals surface area contributed by atoms with E-state index < -0.39 is 0 Å². The van der Waals surface area contributed by atoms with Crippen LogP contribution in [0.25, 0.3) is 16.9 Å². The highest BCUT2D eigenvalue weighted by Crippen LogP contribution is 2.22. The van der Waals surface area contributed by atoms with Crippen molar-refractivity contribution >= 4 is 11.9 Å². The van der Waals surface area contributed by atoms with E-state index in [2.05, 4.69) is 10.1 Å². The summed E-state index contributed by atoms with van der Waals surface area (Å²) in [7, 11) is 0. The first kappa shape index (κ1) is 10.5. The highest BCUT2D eigenvalue weighted by atomic mass is 16.4. The van der Waals surface area contributed by atoms with Crippen LogP contribution in [0.15, 0.2) is 59.9 Å². The molecule has 88 valence electrons. The molecule has 3 rings (SSSR count). The average Bonchev–Trinajstić information content (AvgIpc) is 2.80. The molecule has 0 aliphatic carbocycles. The van der Waals surface area contributed by atoms with Crippen LogP contribution < -0.4 is 0 Å². The number of aromatic nitrogens is 2. The lowest BCUT2D eigenvalue weighted by Gasteiger charge is -1.98. The topological polar surface area (TPSA) is 49.9 Å². The highest BCUT2D eigenvalue weighted by molar-refractivity contribution is 5.88. The van der Waals surface area contributed by atoms with Gasteiger partial charge < -0.3 is 5.21 Å². The van der Waals surface area contributed by atoms with E-state index in [9.17, 15) is 0 Å². The van der Waals surface area contributed by atoms with Crippen molar-refractivity contribution in [2.24, 2.45) is 5.16 Å². The molecule has 1 N–H and O–H groups in total. The summed E-state index contributed by atoms with van der Waals surface area (Å²) in [5.41, 5.74) is 3.39. The number of benzene rings is 1. The van der Waals surface area contributed by atoms with Crippen LogP contribution in [0.5, 0.6) is 0 Å². The Labute approximate surface area is 104 Å². The SMILES string of the molecule is O/N=C\c1c(-c2ccccc2)nc2ccccn12. The van der Waals surface area contributed by atoms with Crippen molar-refractivity contribution in [3.05, 3.63) is 60.4 Å². The van der Waals surface area contributed by atoms with E-state index in [0.29, 0.717) is 0 Å². The van der Waals surface area contributed by atoms with Crippen LogP contribution in [0.1, 0.15) is 5.69 Å². The first-order valence-corrected chi connectivity index (χ1v) is 5.60. The Kier molecular flexibility index (Phi) is 2.53. The van der Waals surface area contributed by atoms with Gasteiger partial charge in [0, 0.05) is 11.8 Å². The van der Waals surface area contributed by atoms with Gasteiger partial charge >= 0.3 is 0 Å². The molecule has 2 heterocycles. The molecule has 0 radical (unpaired) electrons. The molecule has 1 aromatic carbocycles. The quantitative estimate of drug-likeness (QED) is 0.423. The number of fused-ring (bicyclic) bond motifs is 1. The molecule has 0 bridgehead atoms. The largest absolute Gasteiger partial charge is 0.411 e. The fraction of sp³-hybridized carbons (Fsp3) is 0. The number of imidazole rings is 1. The van der Waals surface area contributed by atoms with Crippen LogP contribution in [0.4, 0.5) is 0 Å². The first-order valence-electron chi connectivity index (χ1n) is 5.60. The average molecular weight is 237 g/mol. The van der Waals surface area contributed by atoms with Crippen LogP contribution >= 0.6 is 0 Å². The fourth-order valence-electron chi connectivity index (χ4n) is 2.00. The standard InChI is InChI=1S/C14H11N3O/c18-15-10-12-14(11-6-2-1-3-7-11)16-13-8-4-5-9-17(12)13/h1-10,18H/b15-10-. The number of hydrogen-bond acceptors (Lipinski definition) is 3. The lowest BCUT2D eigenvalue weighted by Crippen LogP contribution is -1.92. The van der Waals surface area contributed by atoms with Crippen LogP contribution in [-0.4, -0.2) is 20.8 Å². The summed E-state index contributed by atoms with van der Waals surface area (Å²) in [6.07, 6.45) is 3.30. The van der Waals surface area contributed by atoms with Gasteiger partial charge in [0.1, 0.15) is 5.65 Å². The molecule has 0 fully saturated rings. The minimum atomic E-state index is 0.763. The second kappa shape index (κ2) is 4.33. The Hall–Kier alpha value is -2.62. The van der Waals surface area contributed by atoms with E-state index in [-0.39, 0.29) is 0 Å². The predicted octanol–water partition coefficient (Wildman–Crippen LogP) is 2.81. The maximum Gasteiger partial charge on any atom is 0.137 e. The van der Waals surface area contributed by atoms with Crippen LogP contribution in [0.2, 0.25) is 0 Å². The summed E-state index contributed by atoms with van der Waals surface area (Å²) < 4.78 is 1.89. The Morgan fingerprint density at radius 2 is 1.83 bits per heavy atom. The van der Waals surface area contributed by atoms with Gasteiger partial charge in [-0.1, -0.05) is 41.6 Å². The minimum absolute atomic E-state index is 0.763. The number of hydrogen-bond donors (Lipinski definition) is 1. The van der Waals surface area contributed by atoms with Gasteiger partial charge in [-0.25, -0.2) is 4.98 Å². The fourth-order valence-corrected chi connectivity index (χ4v) is 2.00. The monoisotopic (exact) mass is 237 g/mol. The molecule has 0 saturated heterocycles. The smallest absolute Gasteiger partial charge is 0.137 e. The number of pyridine rings is 1. The minimum Gasteiger partial charge on any atom is -0.411 e. The molecule has 0 saturated carbocycles. The van der Waals surface area contributed by atoms with E-state index in [1.165, 1.54) is 6.21 Å². The van der Waals surface area contributed by atoms with Gasteiger partial charge in [-0.3, -0.25) is 4.40 Å². The molecule has 0 atom stereocenters. The van der Waals surface area contributed by atoms with Gasteiger partial charge in [-0.2, -0.15) is 0 Å². The van der Waals surface area contributed by atoms with Crippen molar-refractivity contribution in [2.75, 3.05) is 0 Å². The summed E-state index contributed by atoms with van der Waals surface area (Å²) in [5.74, 6) is 0. The molecule has 0 unspecified atom stereocenters. The Balaban J connectivity index is 2.32. The van der Waals surface area contributed by atoms with Gasteiger partial charge in [0.05, 0.1) is 17.6 Å². The van der Waals surface area contributed by atoms with Crippen LogP contribution in [-0.2, 0) is 0 Å². The molecule has 0 spiro atoms. The number of nitrogens with zero attached hydrogens (tertiary/aromatic N) is 3. The summed E-state index contributed by atoms with van der Waals surface area (Å²) in [6.45, 7) is 0. The molecule has 0 aliphatic heterocycles. The Morgan fingerprint density at radius 1 is 1.06 bits per heavy atom. The van der Waals surface area contributed by atoms with Gasteiger partial charge in [-0.15, -0.1) is 0 Å². The molecule has 2 aromatic heterocycles. The maximum atomic E-state index is 8.80. The van der Waals surface area contributed by atoms with E-state index in [0.717, 1.165) is 22.6 Å². The highest BCUT2D eigenvalue weighted by Gasteiger charge is 2.11. The van der Waals surface area contributed by atoms with E-state index >= 15 is 0 Å². The maximum absolute atomic E-state index is 8.80. The number of oxime groups is 1. The number of rotatable bonds is 2. The lowest BCUT2D eigenvalue weighted by atomic mass is 10.1. The molecule has 0 amide bonds. The van der Waals surface area contributed by atoms with Crippen molar-refractivity contribution in [3.8, 4) is 11.3 Å². The zero-order valence-corrected chi connectivity index (χ0v) is 9.56. The Bertz CT molecular complexity index is 701. The third kappa shape index (κ3) is 1.64. The zero-order chi connectivity index (χ0) is 12.4. The Morgan fingerprint density at radius 3 is 2.61 bits per heavy atom. The summed E-state index contributed by atoms with van der Waals surface area (Å²) in [4.78, 5) is 4.56. The molecule has 3 aromatic rings.